The van der Waals surface area contributed by atoms with E-state index in [2.05, 4.69) is 241 Å². The summed E-state index contributed by atoms with van der Waals surface area (Å²) in [7, 11) is 0. The molecule has 9 aromatic carbocycles. The first kappa shape index (κ1) is 37.3. The summed E-state index contributed by atoms with van der Waals surface area (Å²) in [6, 6.07) is 80.0. The molecular formula is C62H43N3. The lowest BCUT2D eigenvalue weighted by Crippen LogP contribution is -2.15. The third kappa shape index (κ3) is 5.79. The van der Waals surface area contributed by atoms with E-state index in [0.29, 0.717) is 0 Å². The molecule has 0 bridgehead atoms. The van der Waals surface area contributed by atoms with E-state index >= 15 is 0 Å². The van der Waals surface area contributed by atoms with E-state index < -0.39 is 0 Å². The van der Waals surface area contributed by atoms with Gasteiger partial charge in [0, 0.05) is 39.4 Å². The van der Waals surface area contributed by atoms with Crippen molar-refractivity contribution in [3.05, 3.63) is 236 Å². The van der Waals surface area contributed by atoms with E-state index in [1.807, 2.05) is 6.07 Å². The second kappa shape index (κ2) is 14.4. The maximum absolute atomic E-state index is 5.11. The Labute approximate surface area is 378 Å². The van der Waals surface area contributed by atoms with Gasteiger partial charge in [0.15, 0.2) is 0 Å². The molecule has 0 N–H and O–H groups in total. The van der Waals surface area contributed by atoms with E-state index in [0.717, 1.165) is 28.2 Å². The van der Waals surface area contributed by atoms with Gasteiger partial charge in [0.2, 0.25) is 0 Å². The number of nitrogens with zero attached hydrogens (tertiary/aromatic N) is 3. The third-order valence-electron chi connectivity index (χ3n) is 13.9. The van der Waals surface area contributed by atoms with Gasteiger partial charge in [0.25, 0.3) is 0 Å². The van der Waals surface area contributed by atoms with Crippen LogP contribution in [0.15, 0.2) is 225 Å². The van der Waals surface area contributed by atoms with Crippen LogP contribution < -0.4 is 0 Å². The normalized spacial score (nSPS) is 12.9. The van der Waals surface area contributed by atoms with Crippen LogP contribution in [0.25, 0.3) is 111 Å². The Morgan fingerprint density at radius 2 is 1.02 bits per heavy atom. The van der Waals surface area contributed by atoms with E-state index in [1.54, 1.807) is 0 Å². The maximum atomic E-state index is 5.11. The number of hydrogen-bond acceptors (Lipinski definition) is 1. The van der Waals surface area contributed by atoms with Crippen LogP contribution in [0.2, 0.25) is 0 Å². The predicted molar refractivity (Wildman–Crippen MR) is 272 cm³/mol. The van der Waals surface area contributed by atoms with Gasteiger partial charge in [0.05, 0.1) is 22.6 Å². The van der Waals surface area contributed by atoms with Crippen LogP contribution in [0.3, 0.4) is 0 Å². The highest BCUT2D eigenvalue weighted by molar-refractivity contribution is 6.17. The molecule has 12 aromatic rings. The van der Waals surface area contributed by atoms with Crippen molar-refractivity contribution in [3.8, 4) is 72.8 Å². The van der Waals surface area contributed by atoms with Gasteiger partial charge >= 0.3 is 0 Å². The summed E-state index contributed by atoms with van der Waals surface area (Å²) in [5, 5.41) is 6.16. The standard InChI is InChI=1S/C62H43N3/c1-62(2)54-23-13-12-22-50(54)51-34-32-48(38-55(51)62)65-56-37-47-30-29-46-36-45(40-25-27-42(28-26-40)59-61(44-20-10-5-11-21-44)64-35-15-14-24-57(64)63-59)31-33-49(46)52(47)39-53(56)58(41-16-6-3-7-17-41)60(65)43-18-8-4-9-19-43/h3-39H,1-2H3. The Hall–Kier alpha value is -8.27. The molecule has 0 atom stereocenters. The van der Waals surface area contributed by atoms with E-state index in [-0.39, 0.29) is 5.41 Å². The Morgan fingerprint density at radius 3 is 1.77 bits per heavy atom. The van der Waals surface area contributed by atoms with Gasteiger partial charge in [-0.2, -0.15) is 0 Å². The average molecular weight is 830 g/mol. The highest BCUT2D eigenvalue weighted by Crippen LogP contribution is 2.51. The van der Waals surface area contributed by atoms with Crippen LogP contribution in [0.1, 0.15) is 25.0 Å². The van der Waals surface area contributed by atoms with Crippen LogP contribution >= 0.6 is 0 Å². The summed E-state index contributed by atoms with van der Waals surface area (Å²) in [6.07, 6.45) is 2.10. The predicted octanol–water partition coefficient (Wildman–Crippen LogP) is 16.2. The van der Waals surface area contributed by atoms with Crippen molar-refractivity contribution >= 4 is 38.1 Å². The lowest BCUT2D eigenvalue weighted by Gasteiger charge is -2.22. The van der Waals surface area contributed by atoms with E-state index in [1.165, 1.54) is 93.9 Å². The second-order valence-electron chi connectivity index (χ2n) is 18.0. The zero-order valence-corrected chi connectivity index (χ0v) is 36.2. The van der Waals surface area contributed by atoms with Crippen LogP contribution in [0.5, 0.6) is 0 Å². The van der Waals surface area contributed by atoms with Crippen molar-refractivity contribution in [2.24, 2.45) is 0 Å². The zero-order chi connectivity index (χ0) is 43.2. The fraction of sp³-hybridized carbons (Fsp3) is 0.0484. The Morgan fingerprint density at radius 1 is 0.400 bits per heavy atom. The fourth-order valence-corrected chi connectivity index (χ4v) is 10.8. The minimum absolute atomic E-state index is 0.117. The largest absolute Gasteiger partial charge is 0.309 e. The van der Waals surface area contributed by atoms with Crippen LogP contribution in [0, 0.1) is 0 Å². The van der Waals surface area contributed by atoms with E-state index in [9.17, 15) is 0 Å². The number of benzene rings is 9. The molecule has 3 nitrogen and oxygen atoms in total. The zero-order valence-electron chi connectivity index (χ0n) is 36.2. The van der Waals surface area contributed by atoms with Crippen molar-refractivity contribution in [1.82, 2.24) is 14.0 Å². The molecule has 0 aliphatic heterocycles. The molecule has 0 unspecified atom stereocenters. The number of rotatable bonds is 6. The van der Waals surface area contributed by atoms with Crippen molar-refractivity contribution in [3.63, 3.8) is 0 Å². The Kier molecular flexibility index (Phi) is 8.25. The minimum atomic E-state index is -0.117. The number of hydrogen-bond donors (Lipinski definition) is 0. The quantitative estimate of drug-likeness (QED) is 0.153. The molecule has 1 aliphatic carbocycles. The fourth-order valence-electron chi connectivity index (χ4n) is 10.8. The van der Waals surface area contributed by atoms with Crippen molar-refractivity contribution in [1.29, 1.82) is 0 Å². The molecule has 1 aliphatic rings. The second-order valence-corrected chi connectivity index (χ2v) is 18.0. The molecule has 3 heteroatoms. The number of fused-ring (bicyclic) bond motifs is 8. The first-order valence-electron chi connectivity index (χ1n) is 22.5. The molecule has 13 rings (SSSR count). The lowest BCUT2D eigenvalue weighted by atomic mass is 9.82. The Bertz CT molecular complexity index is 3820. The first-order valence-corrected chi connectivity index (χ1v) is 22.5. The molecule has 0 saturated carbocycles. The van der Waals surface area contributed by atoms with Crippen molar-refractivity contribution in [2.75, 3.05) is 0 Å². The van der Waals surface area contributed by atoms with Crippen LogP contribution in [-0.4, -0.2) is 14.0 Å². The summed E-state index contributed by atoms with van der Waals surface area (Å²) in [5.74, 6) is 0. The van der Waals surface area contributed by atoms with Gasteiger partial charge in [-0.3, -0.25) is 4.40 Å². The monoisotopic (exact) mass is 829 g/mol. The van der Waals surface area contributed by atoms with Gasteiger partial charge in [-0.25, -0.2) is 4.98 Å². The number of imidazole rings is 1. The molecule has 3 heterocycles. The summed E-state index contributed by atoms with van der Waals surface area (Å²) in [4.78, 5) is 5.11. The summed E-state index contributed by atoms with van der Waals surface area (Å²) in [6.45, 7) is 4.73. The van der Waals surface area contributed by atoms with Gasteiger partial charge < -0.3 is 4.57 Å². The average Bonchev–Trinajstić information content (AvgIpc) is 3.99. The number of pyridine rings is 1. The minimum Gasteiger partial charge on any atom is -0.309 e. The SMILES string of the molecule is CC1(C)c2ccccc2-c2ccc(-n3c(-c4ccccc4)c(-c4ccccc4)c4cc5c(ccc6cc(-c7ccc(-c8nc9ccccn9c8-c8ccccc8)cc7)ccc65)cc43)cc21. The molecule has 0 radical (unpaired) electrons. The van der Waals surface area contributed by atoms with Crippen LogP contribution in [-0.2, 0) is 5.41 Å². The summed E-state index contributed by atoms with van der Waals surface area (Å²) in [5.41, 5.74) is 20.1. The smallest absolute Gasteiger partial charge is 0.137 e. The lowest BCUT2D eigenvalue weighted by molar-refractivity contribution is 0.660. The molecule has 0 amide bonds. The molecular weight excluding hydrogens is 787 g/mol. The van der Waals surface area contributed by atoms with Gasteiger partial charge in [-0.1, -0.05) is 190 Å². The highest BCUT2D eigenvalue weighted by Gasteiger charge is 2.36. The van der Waals surface area contributed by atoms with Crippen molar-refractivity contribution < 1.29 is 0 Å². The van der Waals surface area contributed by atoms with Gasteiger partial charge in [0.1, 0.15) is 5.65 Å². The topological polar surface area (TPSA) is 22.2 Å². The third-order valence-corrected chi connectivity index (χ3v) is 13.9. The maximum Gasteiger partial charge on any atom is 0.137 e. The van der Waals surface area contributed by atoms with Gasteiger partial charge in [-0.15, -0.1) is 0 Å². The van der Waals surface area contributed by atoms with Crippen molar-refractivity contribution in [2.45, 2.75) is 19.3 Å². The molecule has 3 aromatic heterocycles. The van der Waals surface area contributed by atoms with E-state index in [4.69, 9.17) is 4.98 Å². The van der Waals surface area contributed by atoms with Gasteiger partial charge in [-0.05, 0) is 109 Å². The molecule has 0 spiro atoms. The first-order chi connectivity index (χ1) is 32.0. The molecule has 0 fully saturated rings. The molecule has 306 valence electrons. The highest BCUT2D eigenvalue weighted by atomic mass is 15.0. The molecule has 65 heavy (non-hydrogen) atoms. The summed E-state index contributed by atoms with van der Waals surface area (Å²) < 4.78 is 4.71. The number of aromatic nitrogens is 3. The Balaban J connectivity index is 0.971. The van der Waals surface area contributed by atoms with Crippen LogP contribution in [0.4, 0.5) is 0 Å². The molecule has 0 saturated heterocycles. The summed E-state index contributed by atoms with van der Waals surface area (Å²) >= 11 is 0.